The molecule has 0 bridgehead atoms. The Morgan fingerprint density at radius 1 is 1.71 bits per heavy atom. The Morgan fingerprint density at radius 3 is 2.79 bits per heavy atom. The average Bonchev–Trinajstić information content (AvgIpc) is 2.68. The Balaban J connectivity index is 2.90. The SMILES string of the molecule is COC(=O)C(O)C(C)(C)c1ncc[nH]1. The summed E-state index contributed by atoms with van der Waals surface area (Å²) in [5, 5.41) is 9.68. The molecule has 1 aromatic heterocycles. The maximum atomic E-state index is 11.1. The van der Waals surface area contributed by atoms with Crippen LogP contribution in [0.3, 0.4) is 0 Å². The number of esters is 1. The van der Waals surface area contributed by atoms with Crippen molar-refractivity contribution in [1.29, 1.82) is 0 Å². The largest absolute Gasteiger partial charge is 0.467 e. The van der Waals surface area contributed by atoms with Crippen molar-refractivity contribution in [2.45, 2.75) is 25.4 Å². The number of carbonyl (C=O) groups excluding carboxylic acids is 1. The van der Waals surface area contributed by atoms with Crippen LogP contribution < -0.4 is 0 Å². The van der Waals surface area contributed by atoms with Gasteiger partial charge in [0.2, 0.25) is 0 Å². The minimum atomic E-state index is -1.22. The number of rotatable bonds is 3. The van der Waals surface area contributed by atoms with Gasteiger partial charge in [0.05, 0.1) is 12.5 Å². The van der Waals surface area contributed by atoms with Gasteiger partial charge in [-0.05, 0) is 13.8 Å². The first-order valence-corrected chi connectivity index (χ1v) is 4.26. The van der Waals surface area contributed by atoms with Crippen LogP contribution in [0.4, 0.5) is 0 Å². The van der Waals surface area contributed by atoms with Crippen LogP contribution in [0.5, 0.6) is 0 Å². The number of aromatic nitrogens is 2. The smallest absolute Gasteiger partial charge is 0.335 e. The third kappa shape index (κ3) is 1.77. The molecule has 0 aliphatic rings. The molecular weight excluding hydrogens is 184 g/mol. The summed E-state index contributed by atoms with van der Waals surface area (Å²) in [6, 6.07) is 0. The summed E-state index contributed by atoms with van der Waals surface area (Å²) < 4.78 is 4.47. The summed E-state index contributed by atoms with van der Waals surface area (Å²) in [7, 11) is 1.24. The number of aromatic amines is 1. The van der Waals surface area contributed by atoms with Gasteiger partial charge in [-0.1, -0.05) is 0 Å². The zero-order chi connectivity index (χ0) is 10.8. The first kappa shape index (κ1) is 10.7. The molecule has 1 rings (SSSR count). The zero-order valence-corrected chi connectivity index (χ0v) is 8.44. The molecule has 14 heavy (non-hydrogen) atoms. The van der Waals surface area contributed by atoms with Crippen molar-refractivity contribution in [3.05, 3.63) is 18.2 Å². The number of nitrogens with zero attached hydrogens (tertiary/aromatic N) is 1. The van der Waals surface area contributed by atoms with E-state index in [2.05, 4.69) is 14.7 Å². The normalized spacial score (nSPS) is 13.7. The number of hydrogen-bond donors (Lipinski definition) is 2. The molecule has 1 heterocycles. The van der Waals surface area contributed by atoms with Gasteiger partial charge in [-0.15, -0.1) is 0 Å². The fraction of sp³-hybridized carbons (Fsp3) is 0.556. The minimum Gasteiger partial charge on any atom is -0.467 e. The van der Waals surface area contributed by atoms with Gasteiger partial charge in [0, 0.05) is 12.4 Å². The molecule has 1 atom stereocenters. The number of hydrogen-bond acceptors (Lipinski definition) is 4. The predicted octanol–water partition coefficient (Wildman–Crippen LogP) is 0.221. The van der Waals surface area contributed by atoms with E-state index in [1.54, 1.807) is 26.2 Å². The van der Waals surface area contributed by atoms with Crippen molar-refractivity contribution >= 4 is 5.97 Å². The third-order valence-electron chi connectivity index (χ3n) is 2.22. The van der Waals surface area contributed by atoms with E-state index in [1.165, 1.54) is 7.11 Å². The average molecular weight is 198 g/mol. The summed E-state index contributed by atoms with van der Waals surface area (Å²) in [5.41, 5.74) is -0.781. The molecule has 0 spiro atoms. The molecule has 0 saturated heterocycles. The fourth-order valence-corrected chi connectivity index (χ4v) is 1.15. The Bertz CT molecular complexity index is 306. The van der Waals surface area contributed by atoms with Crippen molar-refractivity contribution in [3.8, 4) is 0 Å². The molecule has 0 radical (unpaired) electrons. The van der Waals surface area contributed by atoms with Crippen molar-refractivity contribution in [3.63, 3.8) is 0 Å². The quantitative estimate of drug-likeness (QED) is 0.681. The maximum absolute atomic E-state index is 11.1. The molecule has 0 saturated carbocycles. The van der Waals surface area contributed by atoms with E-state index < -0.39 is 17.5 Å². The molecular formula is C9H14N2O3. The molecule has 0 aromatic carbocycles. The number of nitrogens with one attached hydrogen (secondary N) is 1. The highest BCUT2D eigenvalue weighted by Gasteiger charge is 2.37. The number of imidazole rings is 1. The predicted molar refractivity (Wildman–Crippen MR) is 49.6 cm³/mol. The van der Waals surface area contributed by atoms with Crippen molar-refractivity contribution < 1.29 is 14.6 Å². The van der Waals surface area contributed by atoms with E-state index in [4.69, 9.17) is 0 Å². The number of aliphatic hydroxyl groups excluding tert-OH is 1. The van der Waals surface area contributed by atoms with Crippen molar-refractivity contribution in [2.75, 3.05) is 7.11 Å². The molecule has 78 valence electrons. The molecule has 5 nitrogen and oxygen atoms in total. The van der Waals surface area contributed by atoms with E-state index in [0.29, 0.717) is 5.82 Å². The third-order valence-corrected chi connectivity index (χ3v) is 2.22. The van der Waals surface area contributed by atoms with E-state index in [9.17, 15) is 9.90 Å². The Hall–Kier alpha value is -1.36. The summed E-state index contributed by atoms with van der Waals surface area (Å²) in [4.78, 5) is 18.0. The number of methoxy groups -OCH3 is 1. The molecule has 0 fully saturated rings. The molecule has 2 N–H and O–H groups in total. The summed E-state index contributed by atoms with van der Waals surface area (Å²) in [6.07, 6.45) is 1.99. The Kier molecular flexibility index (Phi) is 2.90. The molecule has 0 aliphatic heterocycles. The van der Waals surface area contributed by atoms with Gasteiger partial charge in [-0.3, -0.25) is 0 Å². The van der Waals surface area contributed by atoms with Crippen molar-refractivity contribution in [2.24, 2.45) is 0 Å². The Morgan fingerprint density at radius 2 is 2.36 bits per heavy atom. The lowest BCUT2D eigenvalue weighted by molar-refractivity contribution is -0.154. The topological polar surface area (TPSA) is 75.2 Å². The highest BCUT2D eigenvalue weighted by molar-refractivity contribution is 5.76. The van der Waals surface area contributed by atoms with E-state index in [1.807, 2.05) is 0 Å². The van der Waals surface area contributed by atoms with Crippen LogP contribution in [0.15, 0.2) is 12.4 Å². The highest BCUT2D eigenvalue weighted by Crippen LogP contribution is 2.24. The first-order chi connectivity index (χ1) is 6.50. The minimum absolute atomic E-state index is 0.551. The summed E-state index contributed by atoms with van der Waals surface area (Å²) in [5.74, 6) is -0.109. The van der Waals surface area contributed by atoms with Gasteiger partial charge in [0.25, 0.3) is 0 Å². The standard InChI is InChI=1S/C9H14N2O3/c1-9(2,6(12)7(13)14-3)8-10-4-5-11-8/h4-6,12H,1-3H3,(H,10,11). The van der Waals surface area contributed by atoms with Crippen LogP contribution >= 0.6 is 0 Å². The van der Waals surface area contributed by atoms with Gasteiger partial charge >= 0.3 is 5.97 Å². The lowest BCUT2D eigenvalue weighted by Crippen LogP contribution is -2.41. The maximum Gasteiger partial charge on any atom is 0.335 e. The molecule has 0 amide bonds. The van der Waals surface area contributed by atoms with Gasteiger partial charge in [-0.2, -0.15) is 0 Å². The van der Waals surface area contributed by atoms with Crippen LogP contribution in [0, 0.1) is 0 Å². The molecule has 1 unspecified atom stereocenters. The highest BCUT2D eigenvalue weighted by atomic mass is 16.5. The fourth-order valence-electron chi connectivity index (χ4n) is 1.15. The number of aliphatic hydroxyl groups is 1. The van der Waals surface area contributed by atoms with Crippen LogP contribution in [-0.2, 0) is 14.9 Å². The lowest BCUT2D eigenvalue weighted by Gasteiger charge is -2.26. The summed E-state index contributed by atoms with van der Waals surface area (Å²) in [6.45, 7) is 3.43. The van der Waals surface area contributed by atoms with E-state index >= 15 is 0 Å². The zero-order valence-electron chi connectivity index (χ0n) is 8.44. The lowest BCUT2D eigenvalue weighted by atomic mass is 9.85. The molecule has 1 aromatic rings. The van der Waals surface area contributed by atoms with Gasteiger partial charge in [-0.25, -0.2) is 9.78 Å². The van der Waals surface area contributed by atoms with Crippen LogP contribution in [0.2, 0.25) is 0 Å². The van der Waals surface area contributed by atoms with Gasteiger partial charge in [0.1, 0.15) is 5.82 Å². The Labute approximate surface area is 82.1 Å². The van der Waals surface area contributed by atoms with Crippen LogP contribution in [0.25, 0.3) is 0 Å². The van der Waals surface area contributed by atoms with E-state index in [0.717, 1.165) is 0 Å². The monoisotopic (exact) mass is 198 g/mol. The number of H-pyrrole nitrogens is 1. The second kappa shape index (κ2) is 3.79. The first-order valence-electron chi connectivity index (χ1n) is 4.26. The number of carbonyl (C=O) groups is 1. The van der Waals surface area contributed by atoms with Crippen LogP contribution in [0.1, 0.15) is 19.7 Å². The second-order valence-electron chi connectivity index (χ2n) is 3.59. The van der Waals surface area contributed by atoms with Gasteiger partial charge in [0.15, 0.2) is 6.10 Å². The molecule has 0 aliphatic carbocycles. The van der Waals surface area contributed by atoms with E-state index in [-0.39, 0.29) is 0 Å². The van der Waals surface area contributed by atoms with Crippen molar-refractivity contribution in [1.82, 2.24) is 9.97 Å². The second-order valence-corrected chi connectivity index (χ2v) is 3.59. The van der Waals surface area contributed by atoms with Crippen LogP contribution in [-0.4, -0.2) is 34.3 Å². The van der Waals surface area contributed by atoms with Gasteiger partial charge < -0.3 is 14.8 Å². The molecule has 5 heteroatoms. The number of ether oxygens (including phenoxy) is 1. The summed E-state index contributed by atoms with van der Waals surface area (Å²) >= 11 is 0.